The number of benzene rings is 1. The summed E-state index contributed by atoms with van der Waals surface area (Å²) in [6.45, 7) is 2.05. The van der Waals surface area contributed by atoms with E-state index in [1.54, 1.807) is 24.4 Å². The Hall–Kier alpha value is -4.40. The molecule has 1 amide bonds. The fourth-order valence-corrected chi connectivity index (χ4v) is 3.39. The number of aryl methyl sites for hydroxylation is 1. The molecule has 3 N–H and O–H groups in total. The van der Waals surface area contributed by atoms with Gasteiger partial charge in [-0.25, -0.2) is 19.3 Å². The van der Waals surface area contributed by atoms with Crippen molar-refractivity contribution in [2.75, 3.05) is 24.7 Å². The largest absolute Gasteiger partial charge is 0.382 e. The zero-order chi connectivity index (χ0) is 24.2. The number of nitrogen functional groups attached to an aromatic ring is 1. The summed E-state index contributed by atoms with van der Waals surface area (Å²) in [7, 11) is 3.79. The van der Waals surface area contributed by atoms with Crippen molar-refractivity contribution in [3.63, 3.8) is 0 Å². The Morgan fingerprint density at radius 1 is 1.00 bits per heavy atom. The molecule has 0 aliphatic carbocycles. The Bertz CT molecular complexity index is 1340. The fourth-order valence-electron chi connectivity index (χ4n) is 3.39. The van der Waals surface area contributed by atoms with E-state index in [4.69, 9.17) is 5.73 Å². The molecule has 0 aliphatic rings. The maximum Gasteiger partial charge on any atom is 0.274 e. The van der Waals surface area contributed by atoms with Crippen LogP contribution in [0, 0.1) is 12.7 Å². The van der Waals surface area contributed by atoms with Crippen molar-refractivity contribution in [2.45, 2.75) is 13.5 Å². The normalized spacial score (nSPS) is 10.7. The van der Waals surface area contributed by atoms with Gasteiger partial charge in [0.05, 0.1) is 23.6 Å². The van der Waals surface area contributed by atoms with Gasteiger partial charge in [0.25, 0.3) is 5.91 Å². The fraction of sp³-hybridized carbons (Fsp3) is 0.160. The zero-order valence-corrected chi connectivity index (χ0v) is 19.1. The molecule has 0 spiro atoms. The summed E-state index contributed by atoms with van der Waals surface area (Å²) < 4.78 is 13.5. The van der Waals surface area contributed by atoms with Gasteiger partial charge in [0.1, 0.15) is 11.6 Å². The monoisotopic (exact) mass is 457 g/mol. The Balaban J connectivity index is 1.70. The lowest BCUT2D eigenvalue weighted by Crippen LogP contribution is -2.26. The number of pyridine rings is 2. The van der Waals surface area contributed by atoms with Crippen LogP contribution in [0.5, 0.6) is 0 Å². The molecule has 0 radical (unpaired) electrons. The number of carbonyl (C=O) groups is 1. The lowest BCUT2D eigenvalue weighted by Gasteiger charge is -2.14. The van der Waals surface area contributed by atoms with Crippen molar-refractivity contribution in [1.82, 2.24) is 25.3 Å². The number of nitrogens with zero attached hydrogens (tertiary/aromatic N) is 5. The van der Waals surface area contributed by atoms with E-state index < -0.39 is 5.91 Å². The van der Waals surface area contributed by atoms with Gasteiger partial charge in [-0.3, -0.25) is 9.78 Å². The van der Waals surface area contributed by atoms with Crippen molar-refractivity contribution in [3.8, 4) is 22.5 Å². The molecule has 8 nitrogen and oxygen atoms in total. The third kappa shape index (κ3) is 4.98. The summed E-state index contributed by atoms with van der Waals surface area (Å²) in [5, 5.41) is 2.81. The van der Waals surface area contributed by atoms with Gasteiger partial charge in [0.15, 0.2) is 11.5 Å². The molecule has 0 aliphatic heterocycles. The highest BCUT2D eigenvalue weighted by Gasteiger charge is 2.20. The van der Waals surface area contributed by atoms with Gasteiger partial charge >= 0.3 is 0 Å². The van der Waals surface area contributed by atoms with Crippen LogP contribution in [0.25, 0.3) is 22.5 Å². The summed E-state index contributed by atoms with van der Waals surface area (Å²) in [5.74, 6) is -0.0833. The Morgan fingerprint density at radius 2 is 1.74 bits per heavy atom. The van der Waals surface area contributed by atoms with Gasteiger partial charge in [-0.2, -0.15) is 0 Å². The number of carbonyl (C=O) groups excluding carboxylic acids is 1. The number of hydrogen-bond donors (Lipinski definition) is 2. The molecule has 0 unspecified atom stereocenters. The highest BCUT2D eigenvalue weighted by atomic mass is 19.1. The molecule has 3 aromatic heterocycles. The Labute approximate surface area is 196 Å². The quantitative estimate of drug-likeness (QED) is 0.455. The standard InChI is InChI=1S/C25H24FN7O/c1-15-13-17(11-12-28-15)22-21(16-7-9-18(26)10-8-16)32-24(27)23(31-22)25(34)29-14-19-5-4-6-20(30-19)33(2)3/h4-13H,14H2,1-3H3,(H2,27,32)(H,29,34). The number of amides is 1. The SMILES string of the molecule is Cc1cc(-c2nc(C(=O)NCc3cccc(N(C)C)n3)c(N)nc2-c2ccc(F)cc2)ccn1. The number of rotatable bonds is 6. The minimum atomic E-state index is -0.472. The molecule has 0 saturated carbocycles. The van der Waals surface area contributed by atoms with Gasteiger partial charge in [0, 0.05) is 37.1 Å². The van der Waals surface area contributed by atoms with Crippen LogP contribution >= 0.6 is 0 Å². The highest BCUT2D eigenvalue weighted by molar-refractivity contribution is 5.98. The first-order chi connectivity index (χ1) is 16.3. The molecular weight excluding hydrogens is 433 g/mol. The van der Waals surface area contributed by atoms with E-state index in [0.29, 0.717) is 28.2 Å². The third-order valence-corrected chi connectivity index (χ3v) is 5.11. The Morgan fingerprint density at radius 3 is 2.44 bits per heavy atom. The molecule has 3 heterocycles. The Kier molecular flexibility index (Phi) is 6.44. The number of nitrogens with one attached hydrogen (secondary N) is 1. The second-order valence-electron chi connectivity index (χ2n) is 7.91. The van der Waals surface area contributed by atoms with E-state index in [1.807, 2.05) is 50.2 Å². The number of anilines is 2. The number of nitrogens with two attached hydrogens (primary N) is 1. The van der Waals surface area contributed by atoms with Crippen molar-refractivity contribution in [3.05, 3.63) is 83.7 Å². The minimum Gasteiger partial charge on any atom is -0.382 e. The van der Waals surface area contributed by atoms with Gasteiger partial charge in [0.2, 0.25) is 0 Å². The molecular formula is C25H24FN7O. The van der Waals surface area contributed by atoms with Crippen LogP contribution < -0.4 is 16.0 Å². The minimum absolute atomic E-state index is 0.000842. The summed E-state index contributed by atoms with van der Waals surface area (Å²) in [6, 6.07) is 15.1. The maximum absolute atomic E-state index is 13.5. The van der Waals surface area contributed by atoms with E-state index in [9.17, 15) is 9.18 Å². The van der Waals surface area contributed by atoms with Crippen LogP contribution in [0.1, 0.15) is 21.9 Å². The molecule has 0 saturated heterocycles. The van der Waals surface area contributed by atoms with E-state index >= 15 is 0 Å². The molecule has 0 atom stereocenters. The average Bonchev–Trinajstić information content (AvgIpc) is 2.83. The number of aromatic nitrogens is 4. The first-order valence-corrected chi connectivity index (χ1v) is 10.6. The predicted octanol–water partition coefficient (Wildman–Crippen LogP) is 3.63. The second-order valence-corrected chi connectivity index (χ2v) is 7.91. The summed E-state index contributed by atoms with van der Waals surface area (Å²) in [6.07, 6.45) is 1.65. The van der Waals surface area contributed by atoms with Gasteiger partial charge in [-0.05, 0) is 55.5 Å². The van der Waals surface area contributed by atoms with Gasteiger partial charge in [-0.15, -0.1) is 0 Å². The van der Waals surface area contributed by atoms with E-state index in [1.165, 1.54) is 12.1 Å². The van der Waals surface area contributed by atoms with Crippen molar-refractivity contribution in [2.24, 2.45) is 0 Å². The third-order valence-electron chi connectivity index (χ3n) is 5.11. The van der Waals surface area contributed by atoms with E-state index in [0.717, 1.165) is 11.5 Å². The average molecular weight is 458 g/mol. The molecule has 4 aromatic rings. The molecule has 1 aromatic carbocycles. The number of halogens is 1. The van der Waals surface area contributed by atoms with Gasteiger partial charge in [-0.1, -0.05) is 6.07 Å². The van der Waals surface area contributed by atoms with Gasteiger partial charge < -0.3 is 16.0 Å². The molecule has 4 rings (SSSR count). The first-order valence-electron chi connectivity index (χ1n) is 10.6. The molecule has 34 heavy (non-hydrogen) atoms. The molecule has 172 valence electrons. The van der Waals surface area contributed by atoms with Crippen LogP contribution in [0.15, 0.2) is 60.8 Å². The van der Waals surface area contributed by atoms with Crippen molar-refractivity contribution in [1.29, 1.82) is 0 Å². The lowest BCUT2D eigenvalue weighted by molar-refractivity contribution is 0.0946. The zero-order valence-electron chi connectivity index (χ0n) is 19.1. The summed E-state index contributed by atoms with van der Waals surface area (Å²) in [4.78, 5) is 32.7. The predicted molar refractivity (Wildman–Crippen MR) is 130 cm³/mol. The second kappa shape index (κ2) is 9.62. The van der Waals surface area contributed by atoms with Crippen LogP contribution in [0.3, 0.4) is 0 Å². The number of hydrogen-bond acceptors (Lipinski definition) is 7. The first kappa shape index (κ1) is 22.8. The van der Waals surface area contributed by atoms with Crippen LogP contribution in [-0.2, 0) is 6.54 Å². The topological polar surface area (TPSA) is 110 Å². The summed E-state index contributed by atoms with van der Waals surface area (Å²) in [5.41, 5.74) is 9.86. The smallest absolute Gasteiger partial charge is 0.274 e. The van der Waals surface area contributed by atoms with Crippen molar-refractivity contribution < 1.29 is 9.18 Å². The molecule has 0 fully saturated rings. The van der Waals surface area contributed by atoms with E-state index in [2.05, 4.69) is 25.3 Å². The van der Waals surface area contributed by atoms with E-state index in [-0.39, 0.29) is 23.9 Å². The van der Waals surface area contributed by atoms with Crippen molar-refractivity contribution >= 4 is 17.5 Å². The highest BCUT2D eigenvalue weighted by Crippen LogP contribution is 2.31. The molecule has 0 bridgehead atoms. The molecule has 9 heteroatoms. The van der Waals surface area contributed by atoms with Crippen LogP contribution in [-0.4, -0.2) is 39.9 Å². The lowest BCUT2D eigenvalue weighted by atomic mass is 10.0. The van der Waals surface area contributed by atoms with Crippen LogP contribution in [0.2, 0.25) is 0 Å². The summed E-state index contributed by atoms with van der Waals surface area (Å²) >= 11 is 0. The maximum atomic E-state index is 13.5. The van der Waals surface area contributed by atoms with Crippen LogP contribution in [0.4, 0.5) is 16.0 Å².